The molecule has 0 saturated heterocycles. The fourth-order valence-corrected chi connectivity index (χ4v) is 4.43. The Hall–Kier alpha value is -3.51. The second kappa shape index (κ2) is 9.16. The van der Waals surface area contributed by atoms with Crippen molar-refractivity contribution < 1.29 is 4.74 Å². The van der Waals surface area contributed by atoms with Crippen LogP contribution in [0.15, 0.2) is 61.1 Å². The number of hydrogen-bond donors (Lipinski definition) is 1. The number of ether oxygens (including phenoxy) is 1. The number of nitrogens with zero attached hydrogens (tertiary/aromatic N) is 4. The zero-order valence-electron chi connectivity index (χ0n) is 19.4. The van der Waals surface area contributed by atoms with Crippen molar-refractivity contribution in [2.75, 3.05) is 7.11 Å². The molecule has 5 rings (SSSR count). The molecule has 0 saturated carbocycles. The molecule has 0 bridgehead atoms. The lowest BCUT2D eigenvalue weighted by atomic mass is 9.92. The largest absolute Gasteiger partial charge is 0.497 e. The Morgan fingerprint density at radius 3 is 2.52 bits per heavy atom. The van der Waals surface area contributed by atoms with E-state index >= 15 is 0 Å². The fourth-order valence-electron chi connectivity index (χ4n) is 4.43. The van der Waals surface area contributed by atoms with Crippen molar-refractivity contribution in [3.8, 4) is 22.8 Å². The summed E-state index contributed by atoms with van der Waals surface area (Å²) in [6, 6.07) is 14.6. The number of hydrogen-bond acceptors (Lipinski definition) is 5. The zero-order valence-corrected chi connectivity index (χ0v) is 19.4. The smallest absolute Gasteiger partial charge is 0.159 e. The quantitative estimate of drug-likeness (QED) is 0.452. The van der Waals surface area contributed by atoms with Crippen molar-refractivity contribution in [2.45, 2.75) is 45.7 Å². The Kier molecular flexibility index (Phi) is 5.92. The molecule has 33 heavy (non-hydrogen) atoms. The molecule has 6 nitrogen and oxygen atoms in total. The summed E-state index contributed by atoms with van der Waals surface area (Å²) >= 11 is 0. The van der Waals surface area contributed by atoms with E-state index in [-0.39, 0.29) is 6.04 Å². The van der Waals surface area contributed by atoms with Crippen molar-refractivity contribution in [3.05, 3.63) is 89.0 Å². The molecule has 1 N–H and O–H groups in total. The van der Waals surface area contributed by atoms with Crippen LogP contribution in [0.4, 0.5) is 0 Å². The van der Waals surface area contributed by atoms with Crippen LogP contribution in [-0.4, -0.2) is 26.9 Å². The van der Waals surface area contributed by atoms with E-state index in [0.29, 0.717) is 0 Å². The summed E-state index contributed by atoms with van der Waals surface area (Å²) in [7, 11) is 1.66. The summed E-state index contributed by atoms with van der Waals surface area (Å²) < 4.78 is 7.33. The maximum Gasteiger partial charge on any atom is 0.159 e. The van der Waals surface area contributed by atoms with Gasteiger partial charge >= 0.3 is 0 Å². The normalized spacial score (nSPS) is 15.3. The van der Waals surface area contributed by atoms with Gasteiger partial charge in [0.1, 0.15) is 5.75 Å². The molecular weight excluding hydrogens is 410 g/mol. The van der Waals surface area contributed by atoms with Gasteiger partial charge in [-0.1, -0.05) is 6.07 Å². The minimum absolute atomic E-state index is 0.287. The molecule has 6 heteroatoms. The standard InChI is InChI=1S/C27H29N5O/c1-18-7-10-22(13-19(18)2)32-26-6-4-5-25(24(26)17-31-32)28-14-20-15-29-27(30-16-20)21-8-11-23(33-3)12-9-21/h7-13,15-17,25,28H,4-6,14H2,1-3H3. The molecule has 1 atom stereocenters. The van der Waals surface area contributed by atoms with Crippen LogP contribution >= 0.6 is 0 Å². The minimum Gasteiger partial charge on any atom is -0.497 e. The van der Waals surface area contributed by atoms with Gasteiger partial charge in [-0.25, -0.2) is 14.6 Å². The van der Waals surface area contributed by atoms with Crippen LogP contribution in [0.3, 0.4) is 0 Å². The average molecular weight is 440 g/mol. The SMILES string of the molecule is COc1ccc(-c2ncc(CNC3CCCc4c3cnn4-c3ccc(C)c(C)c3)cn2)cc1. The van der Waals surface area contributed by atoms with E-state index in [1.54, 1.807) is 7.11 Å². The first-order chi connectivity index (χ1) is 16.1. The molecule has 168 valence electrons. The first kappa shape index (κ1) is 21.3. The number of aryl methyl sites for hydroxylation is 2. The summed E-state index contributed by atoms with van der Waals surface area (Å²) in [5.41, 5.74) is 8.40. The molecule has 0 aliphatic heterocycles. The zero-order chi connectivity index (χ0) is 22.8. The van der Waals surface area contributed by atoms with E-state index in [9.17, 15) is 0 Å². The molecule has 4 aromatic rings. The molecule has 2 heterocycles. The van der Waals surface area contributed by atoms with E-state index in [2.05, 4.69) is 52.0 Å². The van der Waals surface area contributed by atoms with Crippen LogP contribution in [0.1, 0.15) is 46.8 Å². The lowest BCUT2D eigenvalue weighted by molar-refractivity contribution is 0.415. The van der Waals surface area contributed by atoms with Crippen LogP contribution in [0.2, 0.25) is 0 Å². The first-order valence-electron chi connectivity index (χ1n) is 11.5. The summed E-state index contributed by atoms with van der Waals surface area (Å²) in [6.45, 7) is 5.02. The Morgan fingerprint density at radius 1 is 1.00 bits per heavy atom. The van der Waals surface area contributed by atoms with E-state index in [1.807, 2.05) is 42.9 Å². The van der Waals surface area contributed by atoms with E-state index in [0.717, 1.165) is 54.2 Å². The molecule has 1 aliphatic rings. The maximum atomic E-state index is 5.22. The molecule has 0 radical (unpaired) electrons. The third kappa shape index (κ3) is 4.39. The third-order valence-electron chi connectivity index (χ3n) is 6.52. The van der Waals surface area contributed by atoms with Crippen LogP contribution < -0.4 is 10.1 Å². The summed E-state index contributed by atoms with van der Waals surface area (Å²) in [5.74, 6) is 1.54. The number of aromatic nitrogens is 4. The van der Waals surface area contributed by atoms with Crippen LogP contribution in [-0.2, 0) is 13.0 Å². The van der Waals surface area contributed by atoms with Gasteiger partial charge in [0.25, 0.3) is 0 Å². The van der Waals surface area contributed by atoms with Crippen molar-refractivity contribution in [2.24, 2.45) is 0 Å². The Morgan fingerprint density at radius 2 is 1.79 bits per heavy atom. The molecular formula is C27H29N5O. The van der Waals surface area contributed by atoms with Gasteiger partial charge in [0.05, 0.1) is 19.0 Å². The van der Waals surface area contributed by atoms with Crippen molar-refractivity contribution in [3.63, 3.8) is 0 Å². The predicted octanol–water partition coefficient (Wildman–Crippen LogP) is 5.12. The second-order valence-corrected chi connectivity index (χ2v) is 8.70. The highest BCUT2D eigenvalue weighted by Crippen LogP contribution is 2.31. The average Bonchev–Trinajstić information content (AvgIpc) is 3.30. The highest BCUT2D eigenvalue weighted by molar-refractivity contribution is 5.55. The Balaban J connectivity index is 1.28. The summed E-state index contributed by atoms with van der Waals surface area (Å²) in [4.78, 5) is 9.13. The van der Waals surface area contributed by atoms with Crippen LogP contribution in [0.25, 0.3) is 17.1 Å². The van der Waals surface area contributed by atoms with Gasteiger partial charge in [-0.3, -0.25) is 0 Å². The molecule has 2 aromatic carbocycles. The van der Waals surface area contributed by atoms with E-state index < -0.39 is 0 Å². The van der Waals surface area contributed by atoms with Gasteiger partial charge in [-0.2, -0.15) is 5.10 Å². The minimum atomic E-state index is 0.287. The molecule has 0 amide bonds. The number of rotatable bonds is 6. The van der Waals surface area contributed by atoms with E-state index in [1.165, 1.54) is 22.4 Å². The fraction of sp³-hybridized carbons (Fsp3) is 0.296. The highest BCUT2D eigenvalue weighted by atomic mass is 16.5. The van der Waals surface area contributed by atoms with Crippen molar-refractivity contribution >= 4 is 0 Å². The number of fused-ring (bicyclic) bond motifs is 1. The first-order valence-corrected chi connectivity index (χ1v) is 11.5. The topological polar surface area (TPSA) is 64.9 Å². The monoisotopic (exact) mass is 439 g/mol. The maximum absolute atomic E-state index is 5.22. The molecule has 2 aromatic heterocycles. The van der Waals surface area contributed by atoms with Gasteiger partial charge in [-0.15, -0.1) is 0 Å². The number of methoxy groups -OCH3 is 1. The molecule has 0 spiro atoms. The van der Waals surface area contributed by atoms with Gasteiger partial charge in [-0.05, 0) is 80.6 Å². The number of benzene rings is 2. The van der Waals surface area contributed by atoms with Gasteiger partial charge < -0.3 is 10.1 Å². The molecule has 1 aliphatic carbocycles. The lowest BCUT2D eigenvalue weighted by Crippen LogP contribution is -2.25. The predicted molar refractivity (Wildman–Crippen MR) is 130 cm³/mol. The van der Waals surface area contributed by atoms with Crippen LogP contribution in [0, 0.1) is 13.8 Å². The van der Waals surface area contributed by atoms with Crippen LogP contribution in [0.5, 0.6) is 5.75 Å². The summed E-state index contributed by atoms with van der Waals surface area (Å²) in [6.07, 6.45) is 9.15. The third-order valence-corrected chi connectivity index (χ3v) is 6.52. The van der Waals surface area contributed by atoms with Gasteiger partial charge in [0.15, 0.2) is 5.82 Å². The molecule has 0 fully saturated rings. The van der Waals surface area contributed by atoms with Gasteiger partial charge in [0.2, 0.25) is 0 Å². The molecule has 1 unspecified atom stereocenters. The van der Waals surface area contributed by atoms with Crippen molar-refractivity contribution in [1.29, 1.82) is 0 Å². The van der Waals surface area contributed by atoms with Crippen molar-refractivity contribution in [1.82, 2.24) is 25.1 Å². The Bertz CT molecular complexity index is 1240. The Labute approximate surface area is 194 Å². The highest BCUT2D eigenvalue weighted by Gasteiger charge is 2.24. The second-order valence-electron chi connectivity index (χ2n) is 8.70. The summed E-state index contributed by atoms with van der Waals surface area (Å²) in [5, 5.41) is 8.45. The number of nitrogens with one attached hydrogen (secondary N) is 1. The lowest BCUT2D eigenvalue weighted by Gasteiger charge is -2.24. The van der Waals surface area contributed by atoms with Gasteiger partial charge in [0, 0.05) is 47.4 Å². The van der Waals surface area contributed by atoms with E-state index in [4.69, 9.17) is 9.84 Å².